The summed E-state index contributed by atoms with van der Waals surface area (Å²) in [7, 11) is 0. The fourth-order valence-corrected chi connectivity index (χ4v) is 2.57. The van der Waals surface area contributed by atoms with Crippen LogP contribution in [0.1, 0.15) is 59.8 Å². The predicted molar refractivity (Wildman–Crippen MR) is 72.5 cm³/mol. The lowest BCUT2D eigenvalue weighted by molar-refractivity contribution is -0.159. The van der Waals surface area contributed by atoms with Crippen molar-refractivity contribution in [3.8, 4) is 0 Å². The van der Waals surface area contributed by atoms with Gasteiger partial charge in [-0.05, 0) is 50.9 Å². The van der Waals surface area contributed by atoms with Gasteiger partial charge in [-0.3, -0.25) is 9.59 Å². The Hall–Kier alpha value is -1.06. The zero-order valence-corrected chi connectivity index (χ0v) is 12.5. The first-order valence-corrected chi connectivity index (χ1v) is 7.19. The zero-order valence-electron chi connectivity index (χ0n) is 12.5. The van der Waals surface area contributed by atoms with Gasteiger partial charge in [-0.15, -0.1) is 0 Å². The van der Waals surface area contributed by atoms with E-state index in [1.54, 1.807) is 6.92 Å². The van der Waals surface area contributed by atoms with E-state index in [2.05, 4.69) is 13.8 Å². The van der Waals surface area contributed by atoms with Gasteiger partial charge in [0.1, 0.15) is 12.5 Å². The van der Waals surface area contributed by atoms with Crippen molar-refractivity contribution in [2.24, 2.45) is 11.3 Å². The summed E-state index contributed by atoms with van der Waals surface area (Å²) in [6, 6.07) is 0. The minimum absolute atomic E-state index is 0.113. The first-order valence-electron chi connectivity index (χ1n) is 7.19. The molecule has 1 saturated carbocycles. The lowest BCUT2D eigenvalue weighted by Crippen LogP contribution is -2.31. The standard InChI is InChI=1S/C15H26O4/c1-5-18-13(16)10-14(17)19-11(2)12-6-8-15(3,4)9-7-12/h11-12H,5-10H2,1-4H3. The van der Waals surface area contributed by atoms with E-state index in [0.29, 0.717) is 17.9 Å². The van der Waals surface area contributed by atoms with E-state index in [1.807, 2.05) is 6.92 Å². The molecule has 1 atom stereocenters. The smallest absolute Gasteiger partial charge is 0.317 e. The highest BCUT2D eigenvalue weighted by Gasteiger charge is 2.31. The fraction of sp³-hybridized carbons (Fsp3) is 0.867. The van der Waals surface area contributed by atoms with Gasteiger partial charge in [0.15, 0.2) is 0 Å². The molecule has 19 heavy (non-hydrogen) atoms. The molecule has 1 unspecified atom stereocenters. The molecule has 0 N–H and O–H groups in total. The van der Waals surface area contributed by atoms with Crippen molar-refractivity contribution in [3.63, 3.8) is 0 Å². The molecule has 0 spiro atoms. The van der Waals surface area contributed by atoms with E-state index < -0.39 is 11.9 Å². The molecule has 4 heteroatoms. The largest absolute Gasteiger partial charge is 0.466 e. The Labute approximate surface area is 115 Å². The zero-order chi connectivity index (χ0) is 14.5. The molecule has 0 aromatic rings. The molecule has 4 nitrogen and oxygen atoms in total. The van der Waals surface area contributed by atoms with Gasteiger partial charge in [0.25, 0.3) is 0 Å². The third-order valence-electron chi connectivity index (χ3n) is 3.96. The summed E-state index contributed by atoms with van der Waals surface area (Å²) in [5.41, 5.74) is 0.408. The maximum atomic E-state index is 11.6. The van der Waals surface area contributed by atoms with Crippen molar-refractivity contribution in [2.75, 3.05) is 6.61 Å². The summed E-state index contributed by atoms with van der Waals surface area (Å²) in [6.07, 6.45) is 4.10. The SMILES string of the molecule is CCOC(=O)CC(=O)OC(C)C1CCC(C)(C)CC1. The van der Waals surface area contributed by atoms with Gasteiger partial charge in [-0.25, -0.2) is 0 Å². The van der Waals surface area contributed by atoms with Crippen LogP contribution in [0.25, 0.3) is 0 Å². The van der Waals surface area contributed by atoms with Gasteiger partial charge in [-0.1, -0.05) is 13.8 Å². The maximum absolute atomic E-state index is 11.6. The molecule has 0 saturated heterocycles. The van der Waals surface area contributed by atoms with Crippen LogP contribution in [0.3, 0.4) is 0 Å². The highest BCUT2D eigenvalue weighted by atomic mass is 16.6. The van der Waals surface area contributed by atoms with Crippen LogP contribution in [0.15, 0.2) is 0 Å². The van der Waals surface area contributed by atoms with Crippen molar-refractivity contribution < 1.29 is 19.1 Å². The number of hydrogen-bond acceptors (Lipinski definition) is 4. The van der Waals surface area contributed by atoms with Gasteiger partial charge in [0, 0.05) is 0 Å². The molecule has 0 heterocycles. The van der Waals surface area contributed by atoms with Crippen molar-refractivity contribution in [1.82, 2.24) is 0 Å². The molecule has 0 aliphatic heterocycles. The third-order valence-corrected chi connectivity index (χ3v) is 3.96. The Morgan fingerprint density at radius 2 is 1.79 bits per heavy atom. The molecule has 110 valence electrons. The Bertz CT molecular complexity index is 312. The Balaban J connectivity index is 2.33. The summed E-state index contributed by atoms with van der Waals surface area (Å²) in [4.78, 5) is 22.8. The molecule has 1 aliphatic rings. The highest BCUT2D eigenvalue weighted by molar-refractivity contribution is 5.91. The normalized spacial score (nSPS) is 20.6. The summed E-state index contributed by atoms with van der Waals surface area (Å²) in [5.74, 6) is -0.570. The number of carbonyl (C=O) groups is 2. The lowest BCUT2D eigenvalue weighted by Gasteiger charge is -2.36. The summed E-state index contributed by atoms with van der Waals surface area (Å²) < 4.78 is 10.1. The van der Waals surface area contributed by atoms with Crippen LogP contribution in [-0.2, 0) is 19.1 Å². The Morgan fingerprint density at radius 3 is 2.32 bits per heavy atom. The van der Waals surface area contributed by atoms with Crippen LogP contribution in [0.4, 0.5) is 0 Å². The van der Waals surface area contributed by atoms with Crippen LogP contribution >= 0.6 is 0 Å². The lowest BCUT2D eigenvalue weighted by atomic mass is 9.72. The number of esters is 2. The predicted octanol–water partition coefficient (Wildman–Crippen LogP) is 3.09. The minimum Gasteiger partial charge on any atom is -0.466 e. The van der Waals surface area contributed by atoms with E-state index in [0.717, 1.165) is 25.7 Å². The Morgan fingerprint density at radius 1 is 1.21 bits per heavy atom. The van der Waals surface area contributed by atoms with Gasteiger partial charge < -0.3 is 9.47 Å². The molecule has 1 aliphatic carbocycles. The Kier molecular flexibility index (Phi) is 5.83. The van der Waals surface area contributed by atoms with Crippen LogP contribution in [0.2, 0.25) is 0 Å². The molecule has 0 amide bonds. The van der Waals surface area contributed by atoms with Crippen molar-refractivity contribution in [2.45, 2.75) is 65.9 Å². The van der Waals surface area contributed by atoms with E-state index >= 15 is 0 Å². The van der Waals surface area contributed by atoms with E-state index in [1.165, 1.54) is 0 Å². The summed E-state index contributed by atoms with van der Waals surface area (Å²) >= 11 is 0. The molecular weight excluding hydrogens is 244 g/mol. The molecule has 0 aromatic heterocycles. The summed E-state index contributed by atoms with van der Waals surface area (Å²) in [5, 5.41) is 0. The van der Waals surface area contributed by atoms with Crippen molar-refractivity contribution in [1.29, 1.82) is 0 Å². The van der Waals surface area contributed by atoms with Gasteiger partial charge >= 0.3 is 11.9 Å². The first kappa shape index (κ1) is 16.0. The monoisotopic (exact) mass is 270 g/mol. The third kappa shape index (κ3) is 5.62. The second kappa shape index (κ2) is 6.92. The van der Waals surface area contributed by atoms with Crippen LogP contribution < -0.4 is 0 Å². The van der Waals surface area contributed by atoms with Crippen molar-refractivity contribution in [3.05, 3.63) is 0 Å². The van der Waals surface area contributed by atoms with Gasteiger partial charge in [0.05, 0.1) is 6.61 Å². The van der Waals surface area contributed by atoms with Crippen LogP contribution in [0.5, 0.6) is 0 Å². The maximum Gasteiger partial charge on any atom is 0.317 e. The minimum atomic E-state index is -0.510. The summed E-state index contributed by atoms with van der Waals surface area (Å²) in [6.45, 7) is 8.49. The van der Waals surface area contributed by atoms with E-state index in [-0.39, 0.29) is 12.5 Å². The van der Waals surface area contributed by atoms with Gasteiger partial charge in [-0.2, -0.15) is 0 Å². The van der Waals surface area contributed by atoms with Crippen LogP contribution in [-0.4, -0.2) is 24.6 Å². The second-order valence-corrected chi connectivity index (χ2v) is 6.18. The molecular formula is C15H26O4. The van der Waals surface area contributed by atoms with E-state index in [4.69, 9.17) is 9.47 Å². The fourth-order valence-electron chi connectivity index (χ4n) is 2.57. The van der Waals surface area contributed by atoms with Gasteiger partial charge in [0.2, 0.25) is 0 Å². The topological polar surface area (TPSA) is 52.6 Å². The van der Waals surface area contributed by atoms with Crippen molar-refractivity contribution >= 4 is 11.9 Å². The number of ether oxygens (including phenoxy) is 2. The average molecular weight is 270 g/mol. The van der Waals surface area contributed by atoms with E-state index in [9.17, 15) is 9.59 Å². The molecule has 0 aromatic carbocycles. The quantitative estimate of drug-likeness (QED) is 0.569. The molecule has 1 rings (SSSR count). The second-order valence-electron chi connectivity index (χ2n) is 6.18. The molecule has 0 radical (unpaired) electrons. The first-order chi connectivity index (χ1) is 8.84. The highest BCUT2D eigenvalue weighted by Crippen LogP contribution is 2.39. The number of hydrogen-bond donors (Lipinski definition) is 0. The number of carbonyl (C=O) groups excluding carboxylic acids is 2. The number of rotatable bonds is 5. The molecule has 1 fully saturated rings. The van der Waals surface area contributed by atoms with Crippen LogP contribution in [0, 0.1) is 11.3 Å². The molecule has 0 bridgehead atoms. The average Bonchev–Trinajstić information content (AvgIpc) is 2.28.